The zero-order chi connectivity index (χ0) is 9.45. The number of hydrogen-bond acceptors (Lipinski definition) is 4. The monoisotopic (exact) mass is 200 g/mol. The average Bonchev–Trinajstić information content (AvgIpc) is 2.11. The number of rotatable bonds is 7. The lowest BCUT2D eigenvalue weighted by Crippen LogP contribution is -1.98. The van der Waals surface area contributed by atoms with Crippen LogP contribution in [-0.2, 0) is 18.3 Å². The summed E-state index contributed by atoms with van der Waals surface area (Å²) in [5, 5.41) is 0. The highest BCUT2D eigenvalue weighted by molar-refractivity contribution is 7.48. The van der Waals surface area contributed by atoms with Crippen LogP contribution in [0.15, 0.2) is 0 Å². The molecule has 0 aromatic heterocycles. The highest BCUT2D eigenvalue weighted by Gasteiger charge is 2.26. The Morgan fingerprint density at radius 2 is 1.58 bits per heavy atom. The van der Waals surface area contributed by atoms with E-state index in [1.54, 1.807) is 0 Å². The molecule has 0 aromatic carbocycles. The second-order valence-electron chi connectivity index (χ2n) is 2.18. The van der Waals surface area contributed by atoms with Gasteiger partial charge in [0, 0.05) is 0 Å². The van der Waals surface area contributed by atoms with Crippen LogP contribution in [0.5, 0.6) is 0 Å². The van der Waals surface area contributed by atoms with Gasteiger partial charge in [-0.3, -0.25) is 9.05 Å². The van der Waals surface area contributed by atoms with Crippen LogP contribution in [0.2, 0.25) is 0 Å². The van der Waals surface area contributed by atoms with Crippen LogP contribution in [-0.4, -0.2) is 13.2 Å². The van der Waals surface area contributed by atoms with Crippen LogP contribution in [0, 0.1) is 0 Å². The van der Waals surface area contributed by atoms with Crippen LogP contribution in [0.25, 0.3) is 0 Å². The van der Waals surface area contributed by atoms with Crippen LogP contribution in [0.4, 0.5) is 4.53 Å². The molecule has 0 radical (unpaired) electrons. The molecule has 0 saturated carbocycles. The van der Waals surface area contributed by atoms with Gasteiger partial charge < -0.3 is 0 Å². The van der Waals surface area contributed by atoms with E-state index in [0.29, 0.717) is 12.8 Å². The third kappa shape index (κ3) is 4.83. The molecule has 4 nitrogen and oxygen atoms in total. The molecule has 0 rings (SSSR count). The van der Waals surface area contributed by atoms with E-state index in [4.69, 9.17) is 0 Å². The van der Waals surface area contributed by atoms with Crippen LogP contribution >= 0.6 is 7.82 Å². The smallest absolute Gasteiger partial charge is 0.285 e. The van der Waals surface area contributed by atoms with E-state index in [2.05, 4.69) is 13.8 Å². The van der Waals surface area contributed by atoms with Crippen molar-refractivity contribution in [3.8, 4) is 0 Å². The maximum Gasteiger partial charge on any atom is 0.506 e. The molecule has 12 heavy (non-hydrogen) atoms. The van der Waals surface area contributed by atoms with E-state index in [1.807, 2.05) is 13.8 Å². The van der Waals surface area contributed by atoms with Crippen molar-refractivity contribution in [2.45, 2.75) is 26.7 Å². The molecule has 6 heteroatoms. The quantitative estimate of drug-likeness (QED) is 0.592. The maximum absolute atomic E-state index is 11.7. The topological polar surface area (TPSA) is 44.8 Å². The van der Waals surface area contributed by atoms with Gasteiger partial charge in [-0.1, -0.05) is 18.6 Å². The molecule has 0 aliphatic rings. The van der Waals surface area contributed by atoms with Gasteiger partial charge in [0.25, 0.3) is 0 Å². The van der Waals surface area contributed by atoms with Crippen molar-refractivity contribution >= 4 is 7.82 Å². The van der Waals surface area contributed by atoms with Gasteiger partial charge in [-0.25, -0.2) is 4.57 Å². The Morgan fingerprint density at radius 3 is 1.83 bits per heavy atom. The Kier molecular flexibility index (Phi) is 6.57. The minimum absolute atomic E-state index is 0.158. The summed E-state index contributed by atoms with van der Waals surface area (Å²) in [5.74, 6) is 0. The van der Waals surface area contributed by atoms with E-state index in [9.17, 15) is 9.09 Å². The van der Waals surface area contributed by atoms with Crippen molar-refractivity contribution in [3.05, 3.63) is 0 Å². The van der Waals surface area contributed by atoms with Gasteiger partial charge in [0.1, 0.15) is 0 Å². The Hall–Kier alpha value is 0.0400. The fourth-order valence-electron chi connectivity index (χ4n) is 0.483. The van der Waals surface area contributed by atoms with Gasteiger partial charge >= 0.3 is 7.82 Å². The Balaban J connectivity index is 3.79. The van der Waals surface area contributed by atoms with Crippen LogP contribution in [0.3, 0.4) is 0 Å². The summed E-state index contributed by atoms with van der Waals surface area (Å²) in [7, 11) is -3.90. The molecule has 0 amide bonds. The molecule has 0 atom stereocenters. The second-order valence-corrected chi connectivity index (χ2v) is 3.73. The summed E-state index contributed by atoms with van der Waals surface area (Å²) in [6.45, 7) is 3.93. The molecule has 0 aromatic rings. The summed E-state index contributed by atoms with van der Waals surface area (Å²) < 4.78 is 35.0. The molecule has 74 valence electrons. The predicted octanol–water partition coefficient (Wildman–Crippen LogP) is 2.85. The van der Waals surface area contributed by atoms with E-state index in [-0.39, 0.29) is 13.2 Å². The molecule has 0 aliphatic carbocycles. The van der Waals surface area contributed by atoms with Crippen molar-refractivity contribution in [1.29, 1.82) is 0 Å². The fraction of sp³-hybridized carbons (Fsp3) is 1.00. The number of phosphoric acid groups is 1. The molecule has 0 N–H and O–H groups in total. The Bertz CT molecular complexity index is 140. The van der Waals surface area contributed by atoms with Gasteiger partial charge in [-0.15, -0.1) is 0 Å². The zero-order valence-corrected chi connectivity index (χ0v) is 8.18. The van der Waals surface area contributed by atoms with E-state index < -0.39 is 7.82 Å². The molecular weight excluding hydrogens is 186 g/mol. The largest absolute Gasteiger partial charge is 0.506 e. The summed E-state index contributed by atoms with van der Waals surface area (Å²) in [6.07, 6.45) is 1.26. The van der Waals surface area contributed by atoms with E-state index >= 15 is 0 Å². The normalized spacial score (nSPS) is 11.9. The highest BCUT2D eigenvalue weighted by Crippen LogP contribution is 2.49. The summed E-state index contributed by atoms with van der Waals surface area (Å²) in [5.41, 5.74) is 0. The molecule has 0 saturated heterocycles. The highest BCUT2D eigenvalue weighted by atomic mass is 31.2. The minimum atomic E-state index is -3.90. The molecule has 0 bridgehead atoms. The number of phosphoric ester groups is 1. The Morgan fingerprint density at radius 1 is 1.17 bits per heavy atom. The fourth-order valence-corrected chi connectivity index (χ4v) is 1.45. The predicted molar refractivity (Wildman–Crippen MR) is 42.3 cm³/mol. The van der Waals surface area contributed by atoms with Crippen molar-refractivity contribution < 1.29 is 22.9 Å². The third-order valence-corrected chi connectivity index (χ3v) is 2.16. The van der Waals surface area contributed by atoms with Gasteiger partial charge in [0.2, 0.25) is 0 Å². The van der Waals surface area contributed by atoms with E-state index in [0.717, 1.165) is 0 Å². The van der Waals surface area contributed by atoms with Gasteiger partial charge in [-0.05, 0) is 17.4 Å². The lowest BCUT2D eigenvalue weighted by molar-refractivity contribution is -0.0569. The van der Waals surface area contributed by atoms with Gasteiger partial charge in [0.15, 0.2) is 0 Å². The second kappa shape index (κ2) is 6.54. The first-order chi connectivity index (χ1) is 5.68. The zero-order valence-electron chi connectivity index (χ0n) is 7.29. The van der Waals surface area contributed by atoms with Gasteiger partial charge in [-0.2, -0.15) is 0 Å². The number of hydrogen-bond donors (Lipinski definition) is 0. The number of halogens is 1. The first kappa shape index (κ1) is 12.0. The summed E-state index contributed by atoms with van der Waals surface area (Å²) >= 11 is 0. The van der Waals surface area contributed by atoms with E-state index in [1.165, 1.54) is 0 Å². The lowest BCUT2D eigenvalue weighted by Gasteiger charge is -2.11. The third-order valence-electron chi connectivity index (χ3n) is 0.992. The van der Waals surface area contributed by atoms with Crippen LogP contribution < -0.4 is 0 Å². The lowest BCUT2D eigenvalue weighted by atomic mass is 10.5. The Labute approximate surface area is 71.5 Å². The molecule has 0 spiro atoms. The minimum Gasteiger partial charge on any atom is -0.285 e. The summed E-state index contributed by atoms with van der Waals surface area (Å²) in [6, 6.07) is 0. The first-order valence-corrected chi connectivity index (χ1v) is 5.34. The molecular formula is C6H14FO4P. The molecule has 0 heterocycles. The molecule has 0 unspecified atom stereocenters. The van der Waals surface area contributed by atoms with Gasteiger partial charge in [0.05, 0.1) is 13.2 Å². The first-order valence-electron chi connectivity index (χ1n) is 3.88. The molecule has 0 aliphatic heterocycles. The summed E-state index contributed by atoms with van der Waals surface area (Å²) in [4.78, 5) is 0. The SMILES string of the molecule is CCCOP(=O)(OF)OCCC. The molecule has 0 fully saturated rings. The van der Waals surface area contributed by atoms with Crippen LogP contribution in [0.1, 0.15) is 26.7 Å². The van der Waals surface area contributed by atoms with Crippen molar-refractivity contribution in [2.75, 3.05) is 13.2 Å². The van der Waals surface area contributed by atoms with Crippen molar-refractivity contribution in [2.24, 2.45) is 0 Å². The maximum atomic E-state index is 11.7. The van der Waals surface area contributed by atoms with Crippen molar-refractivity contribution in [1.82, 2.24) is 0 Å². The standard InChI is InChI=1S/C6H14FO4P/c1-3-5-9-12(8,11-7)10-6-4-2/h3-6H2,1-2H3. The van der Waals surface area contributed by atoms with Crippen molar-refractivity contribution in [3.63, 3.8) is 0 Å². The average molecular weight is 200 g/mol.